The molecule has 6 heteroatoms. The van der Waals surface area contributed by atoms with Gasteiger partial charge in [-0.15, -0.1) is 0 Å². The smallest absolute Gasteiger partial charge is 0.191 e. The molecular weight excluding hydrogens is 340 g/mol. The minimum Gasteiger partial charge on any atom is -0.497 e. The molecule has 1 heterocycles. The highest BCUT2D eigenvalue weighted by Crippen LogP contribution is 2.21. The van der Waals surface area contributed by atoms with Crippen molar-refractivity contribution in [3.63, 3.8) is 0 Å². The van der Waals surface area contributed by atoms with Crippen LogP contribution >= 0.6 is 0 Å². The van der Waals surface area contributed by atoms with Gasteiger partial charge in [-0.05, 0) is 56.3 Å². The number of aliphatic imine (C=N–C) groups is 1. The number of benzene rings is 1. The molecule has 2 atom stereocenters. The molecule has 0 amide bonds. The summed E-state index contributed by atoms with van der Waals surface area (Å²) in [6.07, 6.45) is 2.72. The predicted octanol–water partition coefficient (Wildman–Crippen LogP) is 3.25. The number of ether oxygens (including phenoxy) is 1. The van der Waals surface area contributed by atoms with Gasteiger partial charge in [0.1, 0.15) is 11.5 Å². The van der Waals surface area contributed by atoms with Gasteiger partial charge in [-0.1, -0.05) is 19.1 Å². The molecule has 2 aromatic rings. The molecule has 0 radical (unpaired) electrons. The average molecular weight is 373 g/mol. The van der Waals surface area contributed by atoms with E-state index in [4.69, 9.17) is 9.15 Å². The van der Waals surface area contributed by atoms with E-state index in [1.807, 2.05) is 38.4 Å². The normalized spacial score (nSPS) is 14.1. The summed E-state index contributed by atoms with van der Waals surface area (Å²) in [5.74, 6) is 3.09. The molecule has 2 N–H and O–H groups in total. The Kier molecular flexibility index (Phi) is 8.20. The molecule has 0 spiro atoms. The van der Waals surface area contributed by atoms with Gasteiger partial charge >= 0.3 is 0 Å². The average Bonchev–Trinajstić information content (AvgIpc) is 3.20. The summed E-state index contributed by atoms with van der Waals surface area (Å²) in [6.45, 7) is 3.80. The number of nitrogens with one attached hydrogen (secondary N) is 2. The van der Waals surface area contributed by atoms with Crippen molar-refractivity contribution in [2.75, 3.05) is 41.3 Å². The quantitative estimate of drug-likeness (QED) is 0.523. The molecule has 0 aliphatic rings. The van der Waals surface area contributed by atoms with Crippen LogP contribution in [-0.4, -0.2) is 52.2 Å². The number of methoxy groups -OCH3 is 1. The molecular formula is C21H32N4O2. The summed E-state index contributed by atoms with van der Waals surface area (Å²) >= 11 is 0. The van der Waals surface area contributed by atoms with Crippen LogP contribution in [0.2, 0.25) is 0 Å². The topological polar surface area (TPSA) is 62.0 Å². The Balaban J connectivity index is 1.79. The summed E-state index contributed by atoms with van der Waals surface area (Å²) in [5.41, 5.74) is 1.31. The maximum atomic E-state index is 5.55. The van der Waals surface area contributed by atoms with Crippen molar-refractivity contribution in [1.82, 2.24) is 15.5 Å². The standard InChI is InChI=1S/C21H32N4O2/c1-16(17-8-10-18(26-5)11-9-17)12-13-23-21(22-2)24-15-19(25(3)4)20-7-6-14-27-20/h6-11,14,16,19H,12-13,15H2,1-5H3,(H2,22,23,24). The third kappa shape index (κ3) is 6.32. The first-order valence-corrected chi connectivity index (χ1v) is 9.33. The van der Waals surface area contributed by atoms with Crippen molar-refractivity contribution in [3.8, 4) is 5.75 Å². The van der Waals surface area contributed by atoms with Gasteiger partial charge < -0.3 is 19.8 Å². The maximum absolute atomic E-state index is 5.55. The van der Waals surface area contributed by atoms with Gasteiger partial charge in [0.05, 0.1) is 19.4 Å². The van der Waals surface area contributed by atoms with Gasteiger partial charge in [-0.2, -0.15) is 0 Å². The predicted molar refractivity (Wildman–Crippen MR) is 111 cm³/mol. The fraction of sp³-hybridized carbons (Fsp3) is 0.476. The number of guanidine groups is 1. The number of furan rings is 1. The molecule has 0 saturated heterocycles. The first kappa shape index (κ1) is 20.8. The van der Waals surface area contributed by atoms with Crippen molar-refractivity contribution < 1.29 is 9.15 Å². The van der Waals surface area contributed by atoms with Crippen LogP contribution in [0.4, 0.5) is 0 Å². The van der Waals surface area contributed by atoms with Crippen molar-refractivity contribution in [1.29, 1.82) is 0 Å². The van der Waals surface area contributed by atoms with Crippen LogP contribution in [-0.2, 0) is 0 Å². The van der Waals surface area contributed by atoms with Gasteiger partial charge in [0.25, 0.3) is 0 Å². The lowest BCUT2D eigenvalue weighted by Crippen LogP contribution is -2.42. The van der Waals surface area contributed by atoms with Crippen LogP contribution in [0.25, 0.3) is 0 Å². The first-order chi connectivity index (χ1) is 13.0. The largest absolute Gasteiger partial charge is 0.497 e. The lowest BCUT2D eigenvalue weighted by Gasteiger charge is -2.24. The molecule has 0 bridgehead atoms. The van der Waals surface area contributed by atoms with Crippen molar-refractivity contribution in [3.05, 3.63) is 54.0 Å². The summed E-state index contributed by atoms with van der Waals surface area (Å²) < 4.78 is 10.8. The van der Waals surface area contributed by atoms with E-state index in [2.05, 4.69) is 39.6 Å². The fourth-order valence-corrected chi connectivity index (χ4v) is 2.94. The Morgan fingerprint density at radius 3 is 2.48 bits per heavy atom. The van der Waals surface area contributed by atoms with Crippen LogP contribution < -0.4 is 15.4 Å². The van der Waals surface area contributed by atoms with E-state index in [0.717, 1.165) is 30.4 Å². The number of hydrogen-bond donors (Lipinski definition) is 2. The van der Waals surface area contributed by atoms with Crippen LogP contribution in [0.3, 0.4) is 0 Å². The molecule has 1 aromatic heterocycles. The minimum atomic E-state index is 0.150. The second kappa shape index (κ2) is 10.6. The van der Waals surface area contributed by atoms with E-state index in [9.17, 15) is 0 Å². The highest BCUT2D eigenvalue weighted by atomic mass is 16.5. The summed E-state index contributed by atoms with van der Waals surface area (Å²) in [4.78, 5) is 6.45. The van der Waals surface area contributed by atoms with E-state index in [1.54, 1.807) is 20.4 Å². The fourth-order valence-electron chi connectivity index (χ4n) is 2.94. The zero-order chi connectivity index (χ0) is 19.6. The van der Waals surface area contributed by atoms with Crippen molar-refractivity contribution in [2.24, 2.45) is 4.99 Å². The molecule has 2 rings (SSSR count). The van der Waals surface area contributed by atoms with E-state index >= 15 is 0 Å². The molecule has 1 aromatic carbocycles. The molecule has 0 fully saturated rings. The zero-order valence-corrected chi connectivity index (χ0v) is 17.0. The van der Waals surface area contributed by atoms with Gasteiger partial charge in [-0.3, -0.25) is 9.89 Å². The zero-order valence-electron chi connectivity index (χ0n) is 17.0. The van der Waals surface area contributed by atoms with Crippen LogP contribution in [0.1, 0.15) is 36.6 Å². The Morgan fingerprint density at radius 1 is 1.19 bits per heavy atom. The number of rotatable bonds is 9. The van der Waals surface area contributed by atoms with Crippen molar-refractivity contribution >= 4 is 5.96 Å². The summed E-state index contributed by atoms with van der Waals surface area (Å²) in [6, 6.07) is 12.3. The molecule has 27 heavy (non-hydrogen) atoms. The number of likely N-dealkylation sites (N-methyl/N-ethyl adjacent to an activating group) is 1. The van der Waals surface area contributed by atoms with Gasteiger partial charge in [0.2, 0.25) is 0 Å². The van der Waals surface area contributed by atoms with E-state index in [-0.39, 0.29) is 6.04 Å². The minimum absolute atomic E-state index is 0.150. The highest BCUT2D eigenvalue weighted by Gasteiger charge is 2.17. The van der Waals surface area contributed by atoms with E-state index < -0.39 is 0 Å². The van der Waals surface area contributed by atoms with E-state index in [0.29, 0.717) is 12.5 Å². The van der Waals surface area contributed by atoms with Crippen LogP contribution in [0.5, 0.6) is 5.75 Å². The molecule has 0 saturated carbocycles. The van der Waals surface area contributed by atoms with E-state index in [1.165, 1.54) is 5.56 Å². The summed E-state index contributed by atoms with van der Waals surface area (Å²) in [5, 5.41) is 6.79. The Hall–Kier alpha value is -2.47. The lowest BCUT2D eigenvalue weighted by atomic mass is 9.98. The number of nitrogens with zero attached hydrogens (tertiary/aromatic N) is 2. The highest BCUT2D eigenvalue weighted by molar-refractivity contribution is 5.79. The Bertz CT molecular complexity index is 681. The molecule has 0 aliphatic heterocycles. The maximum Gasteiger partial charge on any atom is 0.191 e. The second-order valence-corrected chi connectivity index (χ2v) is 6.84. The van der Waals surface area contributed by atoms with Gasteiger partial charge in [-0.25, -0.2) is 0 Å². The monoisotopic (exact) mass is 372 g/mol. The SMILES string of the molecule is CN=C(NCCC(C)c1ccc(OC)cc1)NCC(c1ccco1)N(C)C. The van der Waals surface area contributed by atoms with Crippen LogP contribution in [0.15, 0.2) is 52.1 Å². The van der Waals surface area contributed by atoms with Crippen molar-refractivity contribution in [2.45, 2.75) is 25.3 Å². The summed E-state index contributed by atoms with van der Waals surface area (Å²) in [7, 11) is 7.57. The third-order valence-electron chi connectivity index (χ3n) is 4.74. The van der Waals surface area contributed by atoms with Gasteiger partial charge in [0, 0.05) is 20.1 Å². The number of hydrogen-bond acceptors (Lipinski definition) is 4. The van der Waals surface area contributed by atoms with Crippen LogP contribution in [0, 0.1) is 0 Å². The molecule has 2 unspecified atom stereocenters. The van der Waals surface area contributed by atoms with Gasteiger partial charge in [0.15, 0.2) is 5.96 Å². The molecule has 0 aliphatic carbocycles. The first-order valence-electron chi connectivity index (χ1n) is 9.33. The Labute approximate surface area is 162 Å². The third-order valence-corrected chi connectivity index (χ3v) is 4.74. The molecule has 148 valence electrons. The second-order valence-electron chi connectivity index (χ2n) is 6.84. The lowest BCUT2D eigenvalue weighted by molar-refractivity contribution is 0.258. The Morgan fingerprint density at radius 2 is 1.93 bits per heavy atom. The molecule has 6 nitrogen and oxygen atoms in total.